The third kappa shape index (κ3) is 1.79. The van der Waals surface area contributed by atoms with E-state index in [1.807, 2.05) is 18.3 Å². The van der Waals surface area contributed by atoms with Crippen LogP contribution in [0.2, 0.25) is 0 Å². The van der Waals surface area contributed by atoms with Crippen LogP contribution in [0.5, 0.6) is 0 Å². The Hall–Kier alpha value is -2.29. The highest BCUT2D eigenvalue weighted by Crippen LogP contribution is 2.63. The number of pyridine rings is 1. The van der Waals surface area contributed by atoms with Gasteiger partial charge in [0.15, 0.2) is 0 Å². The molecule has 2 aliphatic heterocycles. The van der Waals surface area contributed by atoms with Gasteiger partial charge in [0.05, 0.1) is 29.0 Å². The van der Waals surface area contributed by atoms with Crippen LogP contribution in [-0.4, -0.2) is 23.6 Å². The number of benzene rings is 1. The van der Waals surface area contributed by atoms with E-state index in [0.29, 0.717) is 12.1 Å². The molecule has 0 saturated carbocycles. The van der Waals surface area contributed by atoms with Crippen molar-refractivity contribution in [1.29, 1.82) is 0 Å². The molecule has 118 valence electrons. The summed E-state index contributed by atoms with van der Waals surface area (Å²) in [6.45, 7) is 8.54. The van der Waals surface area contributed by atoms with Gasteiger partial charge in [-0.1, -0.05) is 24.3 Å². The number of rotatable bonds is 3. The number of anilines is 2. The molecule has 0 N–H and O–H groups in total. The predicted octanol–water partition coefficient (Wildman–Crippen LogP) is 4.10. The minimum Gasteiger partial charge on any atom is -0.367 e. The van der Waals surface area contributed by atoms with Gasteiger partial charge in [-0.15, -0.1) is 6.58 Å². The van der Waals surface area contributed by atoms with Crippen molar-refractivity contribution in [2.24, 2.45) is 0 Å². The topological polar surface area (TPSA) is 19.1 Å². The zero-order valence-electron chi connectivity index (χ0n) is 14.0. The van der Waals surface area contributed by atoms with Crippen LogP contribution in [0.15, 0.2) is 55.3 Å². The van der Waals surface area contributed by atoms with Gasteiger partial charge in [-0.25, -0.2) is 0 Å². The van der Waals surface area contributed by atoms with E-state index in [4.69, 9.17) is 4.98 Å². The van der Waals surface area contributed by atoms with E-state index in [1.54, 1.807) is 0 Å². The second kappa shape index (κ2) is 4.85. The molecule has 0 spiro atoms. The summed E-state index contributed by atoms with van der Waals surface area (Å²) in [5.74, 6) is 0. The van der Waals surface area contributed by atoms with E-state index in [1.165, 1.54) is 22.6 Å². The molecular formula is C20H23N3. The SMILES string of the molecule is C=CCC1N(C)c2cccnc2[C@H]2N(c3ccccc3C)C12C. The Balaban J connectivity index is 1.87. The average Bonchev–Trinajstić information content (AvgIpc) is 3.19. The number of likely N-dealkylation sites (N-methyl/N-ethyl adjacent to an activating group) is 1. The second-order valence-electron chi connectivity index (χ2n) is 6.84. The fourth-order valence-electron chi connectivity index (χ4n) is 4.41. The molecule has 3 atom stereocenters. The first-order chi connectivity index (χ1) is 11.1. The van der Waals surface area contributed by atoms with E-state index < -0.39 is 0 Å². The molecule has 2 aliphatic rings. The largest absolute Gasteiger partial charge is 0.367 e. The minimum absolute atomic E-state index is 0.0659. The van der Waals surface area contributed by atoms with Crippen LogP contribution in [0.1, 0.15) is 30.6 Å². The normalized spacial score (nSPS) is 28.1. The summed E-state index contributed by atoms with van der Waals surface area (Å²) in [6.07, 6.45) is 4.93. The maximum absolute atomic E-state index is 4.73. The maximum atomic E-state index is 4.73. The fraction of sp³-hybridized carbons (Fsp3) is 0.350. The van der Waals surface area contributed by atoms with Crippen molar-refractivity contribution in [2.75, 3.05) is 16.8 Å². The molecule has 1 fully saturated rings. The molecule has 0 radical (unpaired) electrons. The maximum Gasteiger partial charge on any atom is 0.0991 e. The number of hydrogen-bond acceptors (Lipinski definition) is 3. The predicted molar refractivity (Wildman–Crippen MR) is 96.0 cm³/mol. The molecule has 2 unspecified atom stereocenters. The molecule has 0 bridgehead atoms. The van der Waals surface area contributed by atoms with Gasteiger partial charge in [-0.05, 0) is 44.0 Å². The highest BCUT2D eigenvalue weighted by Gasteiger charge is 2.68. The van der Waals surface area contributed by atoms with Gasteiger partial charge in [-0.3, -0.25) is 4.98 Å². The van der Waals surface area contributed by atoms with Crippen LogP contribution >= 0.6 is 0 Å². The first kappa shape index (κ1) is 14.3. The van der Waals surface area contributed by atoms with Gasteiger partial charge in [-0.2, -0.15) is 0 Å². The lowest BCUT2D eigenvalue weighted by atomic mass is 9.87. The number of aromatic nitrogens is 1. The van der Waals surface area contributed by atoms with Crippen molar-refractivity contribution >= 4 is 11.4 Å². The lowest BCUT2D eigenvalue weighted by Gasteiger charge is -2.38. The van der Waals surface area contributed by atoms with E-state index in [-0.39, 0.29) is 5.54 Å². The molecule has 0 amide bonds. The summed E-state index contributed by atoms with van der Waals surface area (Å²) in [5.41, 5.74) is 5.15. The van der Waals surface area contributed by atoms with Gasteiger partial charge in [0, 0.05) is 18.9 Å². The number of nitrogens with zero attached hydrogens (tertiary/aromatic N) is 3. The second-order valence-corrected chi connectivity index (χ2v) is 6.84. The molecule has 3 heterocycles. The highest BCUT2D eigenvalue weighted by atomic mass is 15.5. The minimum atomic E-state index is 0.0659. The molecule has 2 aromatic rings. The Morgan fingerprint density at radius 3 is 2.70 bits per heavy atom. The first-order valence-corrected chi connectivity index (χ1v) is 8.24. The van der Waals surface area contributed by atoms with Crippen LogP contribution in [0, 0.1) is 6.92 Å². The van der Waals surface area contributed by atoms with Gasteiger partial charge in [0.1, 0.15) is 0 Å². The lowest BCUT2D eigenvalue weighted by Crippen LogP contribution is -2.47. The Morgan fingerprint density at radius 1 is 1.22 bits per heavy atom. The third-order valence-corrected chi connectivity index (χ3v) is 5.63. The van der Waals surface area contributed by atoms with Crippen molar-refractivity contribution in [3.63, 3.8) is 0 Å². The molecular weight excluding hydrogens is 282 g/mol. The van der Waals surface area contributed by atoms with Crippen molar-refractivity contribution in [3.05, 3.63) is 66.5 Å². The summed E-state index contributed by atoms with van der Waals surface area (Å²) in [6, 6.07) is 13.6. The Kier molecular flexibility index (Phi) is 3.02. The zero-order chi connectivity index (χ0) is 16.2. The first-order valence-electron chi connectivity index (χ1n) is 8.24. The molecule has 1 aromatic heterocycles. The van der Waals surface area contributed by atoms with Crippen LogP contribution in [0.25, 0.3) is 0 Å². The summed E-state index contributed by atoms with van der Waals surface area (Å²) < 4.78 is 0. The standard InChI is InChI=1S/C20H23N3/c1-5-9-17-20(3)19(18-16(22(17)4)12-8-13-21-18)23(20)15-11-7-6-10-14(15)2/h5-8,10-13,17,19H,1,9H2,2-4H3/t17?,19-,20?,23?/m1/s1. The van der Waals surface area contributed by atoms with E-state index in [0.717, 1.165) is 6.42 Å². The number of aryl methyl sites for hydroxylation is 1. The highest BCUT2D eigenvalue weighted by molar-refractivity contribution is 5.74. The van der Waals surface area contributed by atoms with Crippen molar-refractivity contribution in [3.8, 4) is 0 Å². The molecule has 1 aromatic carbocycles. The summed E-state index contributed by atoms with van der Waals surface area (Å²) in [4.78, 5) is 9.66. The van der Waals surface area contributed by atoms with Crippen molar-refractivity contribution < 1.29 is 0 Å². The van der Waals surface area contributed by atoms with E-state index in [2.05, 4.69) is 67.6 Å². The molecule has 23 heavy (non-hydrogen) atoms. The summed E-state index contributed by atoms with van der Waals surface area (Å²) in [7, 11) is 2.19. The molecule has 1 saturated heterocycles. The zero-order valence-corrected chi connectivity index (χ0v) is 14.0. The smallest absolute Gasteiger partial charge is 0.0991 e. The number of para-hydroxylation sites is 1. The van der Waals surface area contributed by atoms with Gasteiger partial charge >= 0.3 is 0 Å². The monoisotopic (exact) mass is 305 g/mol. The fourth-order valence-corrected chi connectivity index (χ4v) is 4.41. The van der Waals surface area contributed by atoms with Crippen LogP contribution in [-0.2, 0) is 0 Å². The van der Waals surface area contributed by atoms with Crippen LogP contribution in [0.3, 0.4) is 0 Å². The van der Waals surface area contributed by atoms with E-state index >= 15 is 0 Å². The van der Waals surface area contributed by atoms with Gasteiger partial charge < -0.3 is 9.80 Å². The number of fused-ring (bicyclic) bond motifs is 3. The third-order valence-electron chi connectivity index (χ3n) is 5.63. The Morgan fingerprint density at radius 2 is 1.96 bits per heavy atom. The molecule has 0 aliphatic carbocycles. The summed E-state index contributed by atoms with van der Waals surface area (Å²) in [5, 5.41) is 0. The van der Waals surface area contributed by atoms with E-state index in [9.17, 15) is 0 Å². The average molecular weight is 305 g/mol. The quantitative estimate of drug-likeness (QED) is 0.628. The molecule has 3 heteroatoms. The number of hydrogen-bond donors (Lipinski definition) is 0. The Labute approximate surface area is 138 Å². The summed E-state index contributed by atoms with van der Waals surface area (Å²) >= 11 is 0. The van der Waals surface area contributed by atoms with Crippen molar-refractivity contribution in [2.45, 2.75) is 37.9 Å². The molecule has 4 rings (SSSR count). The van der Waals surface area contributed by atoms with Gasteiger partial charge in [0.25, 0.3) is 0 Å². The molecule has 3 nitrogen and oxygen atoms in total. The van der Waals surface area contributed by atoms with Crippen molar-refractivity contribution in [1.82, 2.24) is 4.98 Å². The lowest BCUT2D eigenvalue weighted by molar-refractivity contribution is 0.482. The van der Waals surface area contributed by atoms with Gasteiger partial charge in [0.2, 0.25) is 0 Å². The van der Waals surface area contributed by atoms with Crippen LogP contribution < -0.4 is 9.80 Å². The Bertz CT molecular complexity index is 769. The van der Waals surface area contributed by atoms with Crippen LogP contribution in [0.4, 0.5) is 11.4 Å².